The molecule has 0 saturated heterocycles. The Kier molecular flexibility index (Phi) is 4.32. The highest BCUT2D eigenvalue weighted by Gasteiger charge is 2.15. The molecule has 1 N–H and O–H groups in total. The molecule has 1 aromatic rings. The minimum absolute atomic E-state index is 0.0729. The Hall–Kier alpha value is -1.77. The summed E-state index contributed by atoms with van der Waals surface area (Å²) in [5.74, 6) is 0.777. The highest BCUT2D eigenvalue weighted by atomic mass is 16.5. The van der Waals surface area contributed by atoms with Gasteiger partial charge in [0.15, 0.2) is 0 Å². The summed E-state index contributed by atoms with van der Waals surface area (Å²) in [6, 6.07) is 1.86. The molecule has 1 rings (SSSR count). The molecule has 0 aromatic heterocycles. The first-order valence-corrected chi connectivity index (χ1v) is 5.56. The number of carbonyl (C=O) groups excluding carboxylic acids is 1. The minimum atomic E-state index is -0.0729. The van der Waals surface area contributed by atoms with Gasteiger partial charge in [-0.25, -0.2) is 0 Å². The summed E-state index contributed by atoms with van der Waals surface area (Å²) in [6.07, 6.45) is 1.66. The summed E-state index contributed by atoms with van der Waals surface area (Å²) in [6.45, 7) is 9.89. The number of amides is 1. The maximum atomic E-state index is 11.9. The summed E-state index contributed by atoms with van der Waals surface area (Å²) in [5.41, 5.74) is 3.63. The smallest absolute Gasteiger partial charge is 0.251 e. The van der Waals surface area contributed by atoms with Crippen LogP contribution in [0, 0.1) is 20.8 Å². The molecular formula is C14H19NO2. The Balaban J connectivity index is 3.18. The van der Waals surface area contributed by atoms with Crippen LogP contribution in [0.1, 0.15) is 27.0 Å². The Morgan fingerprint density at radius 2 is 2.06 bits per heavy atom. The van der Waals surface area contributed by atoms with Gasteiger partial charge in [-0.2, -0.15) is 0 Å². The lowest BCUT2D eigenvalue weighted by atomic mass is 9.98. The Morgan fingerprint density at radius 1 is 1.41 bits per heavy atom. The van der Waals surface area contributed by atoms with Gasteiger partial charge in [0.05, 0.1) is 7.11 Å². The zero-order chi connectivity index (χ0) is 13.0. The maximum Gasteiger partial charge on any atom is 0.251 e. The lowest BCUT2D eigenvalue weighted by molar-refractivity contribution is 0.0957. The molecule has 0 aliphatic rings. The van der Waals surface area contributed by atoms with Gasteiger partial charge < -0.3 is 10.1 Å². The van der Waals surface area contributed by atoms with Gasteiger partial charge in [-0.05, 0) is 43.5 Å². The Morgan fingerprint density at radius 3 is 2.59 bits per heavy atom. The zero-order valence-electron chi connectivity index (χ0n) is 10.9. The largest absolute Gasteiger partial charge is 0.496 e. The van der Waals surface area contributed by atoms with E-state index in [4.69, 9.17) is 4.74 Å². The lowest BCUT2D eigenvalue weighted by Crippen LogP contribution is -2.24. The second-order valence-corrected chi connectivity index (χ2v) is 4.02. The first kappa shape index (κ1) is 13.3. The molecule has 0 heterocycles. The molecule has 0 aliphatic carbocycles. The van der Waals surface area contributed by atoms with Crippen molar-refractivity contribution in [2.75, 3.05) is 13.7 Å². The molecule has 0 atom stereocenters. The summed E-state index contributed by atoms with van der Waals surface area (Å²) in [7, 11) is 1.65. The molecule has 1 amide bonds. The van der Waals surface area contributed by atoms with E-state index in [0.717, 1.165) is 22.4 Å². The molecule has 0 bridgehead atoms. The second kappa shape index (κ2) is 5.53. The van der Waals surface area contributed by atoms with E-state index >= 15 is 0 Å². The van der Waals surface area contributed by atoms with E-state index in [-0.39, 0.29) is 5.91 Å². The fourth-order valence-corrected chi connectivity index (χ4v) is 1.87. The van der Waals surface area contributed by atoms with Gasteiger partial charge in [-0.1, -0.05) is 6.08 Å². The monoisotopic (exact) mass is 233 g/mol. The minimum Gasteiger partial charge on any atom is -0.496 e. The number of aryl methyl sites for hydroxylation is 1. The van der Waals surface area contributed by atoms with Crippen molar-refractivity contribution in [1.82, 2.24) is 5.32 Å². The number of hydrogen-bond donors (Lipinski definition) is 1. The van der Waals surface area contributed by atoms with Gasteiger partial charge in [0.1, 0.15) is 5.75 Å². The van der Waals surface area contributed by atoms with Crippen LogP contribution in [0.15, 0.2) is 18.7 Å². The summed E-state index contributed by atoms with van der Waals surface area (Å²) < 4.78 is 5.32. The highest BCUT2D eigenvalue weighted by Crippen LogP contribution is 2.28. The zero-order valence-corrected chi connectivity index (χ0v) is 10.9. The number of rotatable bonds is 4. The van der Waals surface area contributed by atoms with Gasteiger partial charge in [0.2, 0.25) is 0 Å². The lowest BCUT2D eigenvalue weighted by Gasteiger charge is -2.15. The number of hydrogen-bond acceptors (Lipinski definition) is 2. The van der Waals surface area contributed by atoms with Crippen LogP contribution in [0.5, 0.6) is 5.75 Å². The number of methoxy groups -OCH3 is 1. The van der Waals surface area contributed by atoms with Crippen molar-refractivity contribution in [2.24, 2.45) is 0 Å². The summed E-state index contributed by atoms with van der Waals surface area (Å²) in [5, 5.41) is 2.78. The Labute approximate surface area is 102 Å². The van der Waals surface area contributed by atoms with Crippen LogP contribution in [-0.4, -0.2) is 19.6 Å². The number of ether oxygens (including phenoxy) is 1. The second-order valence-electron chi connectivity index (χ2n) is 4.02. The topological polar surface area (TPSA) is 38.3 Å². The maximum absolute atomic E-state index is 11.9. The predicted octanol–water partition coefficient (Wildman–Crippen LogP) is 2.54. The van der Waals surface area contributed by atoms with Gasteiger partial charge in [0.25, 0.3) is 5.91 Å². The average Bonchev–Trinajstić information content (AvgIpc) is 2.31. The third-order valence-electron chi connectivity index (χ3n) is 2.88. The third kappa shape index (κ3) is 2.67. The SMILES string of the molecule is C=CCNC(=O)c1cc(C)c(OC)c(C)c1C. The number of benzene rings is 1. The van der Waals surface area contributed by atoms with E-state index in [1.54, 1.807) is 13.2 Å². The average molecular weight is 233 g/mol. The van der Waals surface area contributed by atoms with Crippen molar-refractivity contribution in [3.63, 3.8) is 0 Å². The van der Waals surface area contributed by atoms with Gasteiger partial charge >= 0.3 is 0 Å². The van der Waals surface area contributed by atoms with Crippen LogP contribution in [0.25, 0.3) is 0 Å². The quantitative estimate of drug-likeness (QED) is 0.812. The third-order valence-corrected chi connectivity index (χ3v) is 2.88. The van der Waals surface area contributed by atoms with Crippen molar-refractivity contribution < 1.29 is 9.53 Å². The van der Waals surface area contributed by atoms with E-state index in [2.05, 4.69) is 11.9 Å². The summed E-state index contributed by atoms with van der Waals surface area (Å²) >= 11 is 0. The van der Waals surface area contributed by atoms with E-state index < -0.39 is 0 Å². The van der Waals surface area contributed by atoms with Crippen molar-refractivity contribution in [1.29, 1.82) is 0 Å². The Bertz CT molecular complexity index is 450. The van der Waals surface area contributed by atoms with Gasteiger partial charge in [0, 0.05) is 12.1 Å². The molecular weight excluding hydrogens is 214 g/mol. The van der Waals surface area contributed by atoms with E-state index in [0.29, 0.717) is 12.1 Å². The first-order chi connectivity index (χ1) is 8.02. The molecule has 0 radical (unpaired) electrons. The summed E-state index contributed by atoms with van der Waals surface area (Å²) in [4.78, 5) is 11.9. The van der Waals surface area contributed by atoms with Crippen molar-refractivity contribution >= 4 is 5.91 Å². The molecule has 0 spiro atoms. The molecule has 92 valence electrons. The molecule has 17 heavy (non-hydrogen) atoms. The van der Waals surface area contributed by atoms with Crippen molar-refractivity contribution in [3.8, 4) is 5.75 Å². The van der Waals surface area contributed by atoms with Crippen LogP contribution in [0.4, 0.5) is 0 Å². The van der Waals surface area contributed by atoms with Gasteiger partial charge in [-0.15, -0.1) is 6.58 Å². The molecule has 0 saturated carbocycles. The molecule has 3 heteroatoms. The van der Waals surface area contributed by atoms with E-state index in [1.165, 1.54) is 0 Å². The fraction of sp³-hybridized carbons (Fsp3) is 0.357. The fourth-order valence-electron chi connectivity index (χ4n) is 1.87. The normalized spacial score (nSPS) is 9.88. The van der Waals surface area contributed by atoms with E-state index in [9.17, 15) is 4.79 Å². The van der Waals surface area contributed by atoms with Gasteiger partial charge in [-0.3, -0.25) is 4.79 Å². The van der Waals surface area contributed by atoms with Crippen molar-refractivity contribution in [2.45, 2.75) is 20.8 Å². The van der Waals surface area contributed by atoms with Crippen LogP contribution < -0.4 is 10.1 Å². The standard InChI is InChI=1S/C14H19NO2/c1-6-7-15-14(16)12-8-9(2)13(17-5)11(4)10(12)3/h6,8H,1,7H2,2-5H3,(H,15,16). The molecule has 0 fully saturated rings. The predicted molar refractivity (Wildman–Crippen MR) is 69.7 cm³/mol. The molecule has 1 aromatic carbocycles. The number of nitrogens with one attached hydrogen (secondary N) is 1. The van der Waals surface area contributed by atoms with Crippen LogP contribution in [-0.2, 0) is 0 Å². The van der Waals surface area contributed by atoms with Crippen LogP contribution >= 0.6 is 0 Å². The molecule has 3 nitrogen and oxygen atoms in total. The van der Waals surface area contributed by atoms with E-state index in [1.807, 2.05) is 26.8 Å². The first-order valence-electron chi connectivity index (χ1n) is 5.56. The highest BCUT2D eigenvalue weighted by molar-refractivity contribution is 5.96. The van der Waals surface area contributed by atoms with Crippen LogP contribution in [0.2, 0.25) is 0 Å². The van der Waals surface area contributed by atoms with Crippen molar-refractivity contribution in [3.05, 3.63) is 41.0 Å². The van der Waals surface area contributed by atoms with Crippen LogP contribution in [0.3, 0.4) is 0 Å². The molecule has 0 unspecified atom stereocenters. The number of carbonyl (C=O) groups is 1. The molecule has 0 aliphatic heterocycles.